The minimum atomic E-state index is -0.650. The lowest BCUT2D eigenvalue weighted by atomic mass is 10.5. The molecule has 0 aliphatic heterocycles. The van der Waals surface area contributed by atoms with Crippen LogP contribution in [0.5, 0.6) is 0 Å². The van der Waals surface area contributed by atoms with Crippen molar-refractivity contribution in [2.24, 2.45) is 0 Å². The molecule has 118 valence electrons. The molecule has 0 atom stereocenters. The fourth-order valence-electron chi connectivity index (χ4n) is 1.21. The summed E-state index contributed by atoms with van der Waals surface area (Å²) in [4.78, 5) is 41.0. The molecule has 0 radical (unpaired) electrons. The highest BCUT2D eigenvalue weighted by atomic mass is 35.5. The molecule has 8 nitrogen and oxygen atoms in total. The van der Waals surface area contributed by atoms with Gasteiger partial charge in [0.1, 0.15) is 11.2 Å². The quantitative estimate of drug-likeness (QED) is 0.527. The number of hydrogen-bond acceptors (Lipinski definition) is 4. The van der Waals surface area contributed by atoms with Crippen LogP contribution in [0.15, 0.2) is 14.4 Å². The zero-order valence-corrected chi connectivity index (χ0v) is 13.3. The van der Waals surface area contributed by atoms with Gasteiger partial charge in [0.15, 0.2) is 0 Å². The van der Waals surface area contributed by atoms with Gasteiger partial charge in [-0.2, -0.15) is 0 Å². The average Bonchev–Trinajstić information content (AvgIpc) is 2.61. The zero-order chi connectivity index (χ0) is 12.8. The summed E-state index contributed by atoms with van der Waals surface area (Å²) in [5, 5.41) is 3.11. The molecule has 0 aliphatic carbocycles. The third-order valence-corrected chi connectivity index (χ3v) is 1.92. The fourth-order valence-corrected chi connectivity index (χ4v) is 1.21. The van der Waals surface area contributed by atoms with Crippen molar-refractivity contribution in [2.45, 2.75) is 13.8 Å². The van der Waals surface area contributed by atoms with Gasteiger partial charge in [0, 0.05) is 0 Å². The van der Waals surface area contributed by atoms with Gasteiger partial charge in [-0.3, -0.25) is 24.7 Å². The summed E-state index contributed by atoms with van der Waals surface area (Å²) in [6, 6.07) is 0. The molecular formula is C9H18Cl3N5O3. The highest BCUT2D eigenvalue weighted by Crippen LogP contribution is 1.88. The highest BCUT2D eigenvalue weighted by Gasteiger charge is 2.02. The lowest BCUT2D eigenvalue weighted by Crippen LogP contribution is -2.21. The highest BCUT2D eigenvalue weighted by molar-refractivity contribution is 5.86. The van der Waals surface area contributed by atoms with E-state index in [1.807, 2.05) is 4.98 Å². The first-order chi connectivity index (χ1) is 8.08. The monoisotopic (exact) mass is 349 g/mol. The van der Waals surface area contributed by atoms with Gasteiger partial charge in [-0.25, -0.2) is 9.59 Å². The molecule has 2 rings (SSSR count). The summed E-state index contributed by atoms with van der Waals surface area (Å²) in [7, 11) is 0. The minimum Gasteiger partial charge on any atom is -0.317 e. The van der Waals surface area contributed by atoms with Crippen LogP contribution in [-0.2, 0) is 0 Å². The van der Waals surface area contributed by atoms with E-state index in [2.05, 4.69) is 34.1 Å². The van der Waals surface area contributed by atoms with Crippen LogP contribution in [0.4, 0.5) is 0 Å². The van der Waals surface area contributed by atoms with Gasteiger partial charge in [-0.1, -0.05) is 13.8 Å². The molecule has 0 aromatic carbocycles. The maximum atomic E-state index is 10.9. The molecule has 0 unspecified atom stereocenters. The van der Waals surface area contributed by atoms with Crippen molar-refractivity contribution in [3.05, 3.63) is 31.3 Å². The van der Waals surface area contributed by atoms with E-state index in [9.17, 15) is 14.4 Å². The van der Waals surface area contributed by atoms with Crippen LogP contribution in [0.3, 0.4) is 0 Å². The first-order valence-electron chi connectivity index (χ1n) is 5.23. The maximum absolute atomic E-state index is 10.9. The molecule has 2 aromatic rings. The molecule has 2 aromatic heterocycles. The van der Waals surface area contributed by atoms with Crippen LogP contribution < -0.4 is 22.3 Å². The van der Waals surface area contributed by atoms with Crippen molar-refractivity contribution >= 4 is 48.4 Å². The van der Waals surface area contributed by atoms with Crippen LogP contribution in [0, 0.1) is 0 Å². The summed E-state index contributed by atoms with van der Waals surface area (Å²) < 4.78 is 0. The molecule has 2 heterocycles. The number of aromatic nitrogens is 4. The Bertz CT molecular complexity index is 642. The first-order valence-corrected chi connectivity index (χ1v) is 5.23. The third kappa shape index (κ3) is 6.80. The van der Waals surface area contributed by atoms with Crippen LogP contribution in [0.2, 0.25) is 0 Å². The van der Waals surface area contributed by atoms with Crippen molar-refractivity contribution in [1.29, 1.82) is 0 Å². The summed E-state index contributed by atoms with van der Waals surface area (Å²) in [5.41, 5.74) is -1.65. The topological polar surface area (TPSA) is 126 Å². The smallest absolute Gasteiger partial charge is 0.317 e. The molecule has 0 saturated carbocycles. The van der Waals surface area contributed by atoms with E-state index in [1.165, 1.54) is 0 Å². The average molecular weight is 351 g/mol. The number of H-pyrrole nitrogens is 4. The molecule has 0 fully saturated rings. The second kappa shape index (κ2) is 11.6. The predicted molar refractivity (Wildman–Crippen MR) is 86.1 cm³/mol. The molecule has 0 aliphatic rings. The summed E-state index contributed by atoms with van der Waals surface area (Å²) in [6.45, 7) is 6.39. The van der Waals surface area contributed by atoms with E-state index in [1.54, 1.807) is 0 Å². The lowest BCUT2D eigenvalue weighted by Gasteiger charge is -1.86. The Hall–Kier alpha value is -1.22. The third-order valence-electron chi connectivity index (χ3n) is 1.92. The second-order valence-corrected chi connectivity index (χ2v) is 3.19. The molecule has 5 N–H and O–H groups in total. The van der Waals surface area contributed by atoms with Crippen LogP contribution >= 0.6 is 37.2 Å². The largest absolute Gasteiger partial charge is 0.327 e. The van der Waals surface area contributed by atoms with Gasteiger partial charge in [0.2, 0.25) is 0 Å². The number of aromatic amines is 4. The minimum absolute atomic E-state index is 0. The van der Waals surface area contributed by atoms with Gasteiger partial charge in [-0.05, 0) is 13.1 Å². The molecule has 20 heavy (non-hydrogen) atoms. The molecule has 0 bridgehead atoms. The Balaban J connectivity index is -0.000000322. The maximum Gasteiger partial charge on any atom is 0.327 e. The SMILES string of the molecule is CCNCC.Cl.Cl.Cl.O=c1[nH]c(=O)c2[nH]c(=O)[nH]c2[nH]1. The van der Waals surface area contributed by atoms with Crippen molar-refractivity contribution < 1.29 is 0 Å². The lowest BCUT2D eigenvalue weighted by molar-refractivity contribution is 0.762. The zero-order valence-electron chi connectivity index (χ0n) is 10.9. The van der Waals surface area contributed by atoms with Crippen LogP contribution in [0.1, 0.15) is 13.8 Å². The number of hydrogen-bond donors (Lipinski definition) is 5. The predicted octanol–water partition coefficient (Wildman–Crippen LogP) is 0.114. The standard InChI is InChI=1S/C5H4N4O3.C4H11N.3ClH/c10-3-1-2(7-4(11)6-1)8-5(12)9-3;1-3-5-4-2;;;/h(H4,6,7,8,9,10,11,12);5H,3-4H2,1-2H3;3*1H. The molecule has 0 saturated heterocycles. The Morgan fingerprint density at radius 2 is 1.25 bits per heavy atom. The number of rotatable bonds is 2. The molecular weight excluding hydrogens is 332 g/mol. The fraction of sp³-hybridized carbons (Fsp3) is 0.444. The van der Waals surface area contributed by atoms with Gasteiger partial charge in [0.05, 0.1) is 0 Å². The molecule has 0 amide bonds. The molecule has 0 spiro atoms. The normalized spacial score (nSPS) is 8.50. The number of nitrogens with one attached hydrogen (secondary N) is 5. The van der Waals surface area contributed by atoms with Gasteiger partial charge < -0.3 is 5.32 Å². The number of imidazole rings is 1. The summed E-state index contributed by atoms with van der Waals surface area (Å²) in [5.74, 6) is 0. The number of fused-ring (bicyclic) bond motifs is 1. The van der Waals surface area contributed by atoms with Crippen molar-refractivity contribution in [3.63, 3.8) is 0 Å². The Morgan fingerprint density at radius 1 is 0.800 bits per heavy atom. The number of halogens is 3. The second-order valence-electron chi connectivity index (χ2n) is 3.19. The molecule has 11 heteroatoms. The van der Waals surface area contributed by atoms with Crippen molar-refractivity contribution in [2.75, 3.05) is 13.1 Å². The van der Waals surface area contributed by atoms with Crippen molar-refractivity contribution in [1.82, 2.24) is 25.3 Å². The van der Waals surface area contributed by atoms with Gasteiger partial charge in [-0.15, -0.1) is 37.2 Å². The van der Waals surface area contributed by atoms with Crippen LogP contribution in [0.25, 0.3) is 11.2 Å². The van der Waals surface area contributed by atoms with E-state index >= 15 is 0 Å². The van der Waals surface area contributed by atoms with Crippen LogP contribution in [-0.4, -0.2) is 33.0 Å². The van der Waals surface area contributed by atoms with Crippen molar-refractivity contribution in [3.8, 4) is 0 Å². The van der Waals surface area contributed by atoms with E-state index < -0.39 is 16.9 Å². The van der Waals surface area contributed by atoms with Gasteiger partial charge in [0.25, 0.3) is 5.56 Å². The van der Waals surface area contributed by atoms with Gasteiger partial charge >= 0.3 is 11.4 Å². The van der Waals surface area contributed by atoms with E-state index in [0.717, 1.165) is 13.1 Å². The van der Waals surface area contributed by atoms with E-state index in [4.69, 9.17) is 0 Å². The Kier molecular flexibility index (Phi) is 13.8. The summed E-state index contributed by atoms with van der Waals surface area (Å²) >= 11 is 0. The first kappa shape index (κ1) is 23.8. The van der Waals surface area contributed by atoms with E-state index in [-0.39, 0.29) is 48.4 Å². The Morgan fingerprint density at radius 3 is 1.65 bits per heavy atom. The Labute approximate surface area is 132 Å². The summed E-state index contributed by atoms with van der Waals surface area (Å²) in [6.07, 6.45) is 0. The van der Waals surface area contributed by atoms with E-state index in [0.29, 0.717) is 0 Å².